The smallest absolute Gasteiger partial charge is 0.289 e. The van der Waals surface area contributed by atoms with E-state index in [9.17, 15) is 22.8 Å². The maximum Gasteiger partial charge on any atom is 0.289 e. The molecule has 27 heavy (non-hydrogen) atoms. The van der Waals surface area contributed by atoms with Gasteiger partial charge in [-0.1, -0.05) is 29.4 Å². The number of likely N-dealkylation sites (tertiary alicyclic amines) is 1. The average molecular weight is 432 g/mol. The van der Waals surface area contributed by atoms with E-state index in [4.69, 9.17) is 11.6 Å². The molecule has 3 amide bonds. The molecule has 0 unspecified atom stereocenters. The highest BCUT2D eigenvalue weighted by Gasteiger charge is 2.40. The number of imide groups is 1. The van der Waals surface area contributed by atoms with Crippen molar-refractivity contribution in [2.75, 3.05) is 25.4 Å². The Bertz CT molecular complexity index is 861. The topological polar surface area (TPSA) is 104 Å². The van der Waals surface area contributed by atoms with E-state index in [1.807, 2.05) is 0 Å². The number of nitrogens with one attached hydrogen (secondary N) is 1. The van der Waals surface area contributed by atoms with Gasteiger partial charge in [-0.3, -0.25) is 19.3 Å². The van der Waals surface area contributed by atoms with Crippen LogP contribution in [0.25, 0.3) is 0 Å². The lowest BCUT2D eigenvalue weighted by atomic mass is 10.2. The average Bonchev–Trinajstić information content (AvgIpc) is 3.21. The van der Waals surface area contributed by atoms with Crippen LogP contribution >= 0.6 is 23.4 Å². The van der Waals surface area contributed by atoms with Crippen LogP contribution < -0.4 is 4.72 Å². The van der Waals surface area contributed by atoms with E-state index in [2.05, 4.69) is 4.72 Å². The number of carbonyl (C=O) groups is 3. The number of benzene rings is 1. The Hall–Kier alpha value is -1.62. The molecule has 8 nitrogen and oxygen atoms in total. The van der Waals surface area contributed by atoms with Gasteiger partial charge in [0.05, 0.1) is 16.7 Å². The second-order valence-electron chi connectivity index (χ2n) is 6.21. The highest BCUT2D eigenvalue weighted by atomic mass is 35.5. The predicted octanol–water partition coefficient (Wildman–Crippen LogP) is 1.30. The van der Waals surface area contributed by atoms with Gasteiger partial charge in [-0.05, 0) is 24.6 Å². The molecule has 1 N–H and O–H groups in total. The number of rotatable bonds is 6. The van der Waals surface area contributed by atoms with E-state index in [1.54, 1.807) is 11.0 Å². The van der Waals surface area contributed by atoms with Gasteiger partial charge in [0.15, 0.2) is 0 Å². The number of hydrogen-bond acceptors (Lipinski definition) is 6. The summed E-state index contributed by atoms with van der Waals surface area (Å²) in [5.41, 5.74) is 0. The lowest BCUT2D eigenvalue weighted by Gasteiger charge is -2.22. The molecule has 2 heterocycles. The van der Waals surface area contributed by atoms with Crippen molar-refractivity contribution >= 4 is 50.4 Å². The van der Waals surface area contributed by atoms with Crippen LogP contribution in [0.4, 0.5) is 4.79 Å². The molecule has 0 saturated carbocycles. The monoisotopic (exact) mass is 431 g/mol. The molecule has 0 radical (unpaired) electrons. The Morgan fingerprint density at radius 1 is 1.33 bits per heavy atom. The van der Waals surface area contributed by atoms with Crippen LogP contribution in [0.5, 0.6) is 0 Å². The molecule has 3 rings (SSSR count). The minimum Gasteiger partial charge on any atom is -0.340 e. The fraction of sp³-hybridized carbons (Fsp3) is 0.438. The molecular formula is C16H18ClN3O5S2. The molecule has 11 heteroatoms. The van der Waals surface area contributed by atoms with Crippen molar-refractivity contribution in [1.82, 2.24) is 14.5 Å². The number of sulfonamides is 1. The summed E-state index contributed by atoms with van der Waals surface area (Å²) < 4.78 is 26.8. The van der Waals surface area contributed by atoms with Gasteiger partial charge in [-0.15, -0.1) is 0 Å². The Labute approximate surface area is 166 Å². The zero-order chi connectivity index (χ0) is 19.6. The van der Waals surface area contributed by atoms with Gasteiger partial charge < -0.3 is 4.90 Å². The molecule has 2 aliphatic heterocycles. The quantitative estimate of drug-likeness (QED) is 0.728. The molecule has 1 atom stereocenters. The van der Waals surface area contributed by atoms with E-state index in [0.717, 1.165) is 11.8 Å². The summed E-state index contributed by atoms with van der Waals surface area (Å²) in [4.78, 5) is 38.7. The van der Waals surface area contributed by atoms with E-state index in [-0.39, 0.29) is 53.3 Å². The summed E-state index contributed by atoms with van der Waals surface area (Å²) in [6.45, 7) is 0.677. The van der Waals surface area contributed by atoms with Crippen molar-refractivity contribution in [3.05, 3.63) is 29.3 Å². The van der Waals surface area contributed by atoms with Gasteiger partial charge in [0.2, 0.25) is 21.8 Å². The van der Waals surface area contributed by atoms with E-state index in [1.165, 1.54) is 23.1 Å². The molecule has 2 fully saturated rings. The zero-order valence-electron chi connectivity index (χ0n) is 14.3. The van der Waals surface area contributed by atoms with E-state index < -0.39 is 10.0 Å². The number of amides is 3. The van der Waals surface area contributed by atoms with Crippen molar-refractivity contribution in [3.63, 3.8) is 0 Å². The van der Waals surface area contributed by atoms with Crippen LogP contribution in [0.1, 0.15) is 12.8 Å². The van der Waals surface area contributed by atoms with Gasteiger partial charge in [-0.25, -0.2) is 13.1 Å². The first-order chi connectivity index (χ1) is 12.8. The number of halogens is 1. The first kappa shape index (κ1) is 20.1. The molecule has 0 spiro atoms. The first-order valence-electron chi connectivity index (χ1n) is 8.30. The summed E-state index contributed by atoms with van der Waals surface area (Å²) >= 11 is 6.78. The summed E-state index contributed by atoms with van der Waals surface area (Å²) in [7, 11) is -3.75. The Morgan fingerprint density at radius 3 is 2.78 bits per heavy atom. The third-order valence-corrected chi connectivity index (χ3v) is 6.93. The number of nitrogens with zero attached hydrogens (tertiary/aromatic N) is 2. The molecule has 0 bridgehead atoms. The van der Waals surface area contributed by atoms with Crippen molar-refractivity contribution in [3.8, 4) is 0 Å². The molecule has 2 aliphatic rings. The van der Waals surface area contributed by atoms with Crippen LogP contribution in [0.2, 0.25) is 5.02 Å². The highest BCUT2D eigenvalue weighted by Crippen LogP contribution is 2.26. The Kier molecular flexibility index (Phi) is 6.09. The third-order valence-electron chi connectivity index (χ3n) is 4.40. The molecule has 1 aromatic carbocycles. The SMILES string of the molecule is O=C(CCNS(=O)(=O)c1cccc(Cl)c1)N1CC[C@H](N2C(=O)CSC2=O)C1. The minimum atomic E-state index is -3.75. The second kappa shape index (κ2) is 8.17. The number of hydrogen-bond donors (Lipinski definition) is 1. The maximum absolute atomic E-state index is 12.3. The number of carbonyl (C=O) groups excluding carboxylic acids is 3. The molecule has 146 valence electrons. The number of thioether (sulfide) groups is 1. The second-order valence-corrected chi connectivity index (χ2v) is 9.34. The molecule has 1 aromatic rings. The third kappa shape index (κ3) is 4.63. The van der Waals surface area contributed by atoms with Crippen LogP contribution in [-0.4, -0.2) is 66.7 Å². The highest BCUT2D eigenvalue weighted by molar-refractivity contribution is 8.14. The fourth-order valence-electron chi connectivity index (χ4n) is 3.06. The van der Waals surface area contributed by atoms with Gasteiger partial charge in [0, 0.05) is 31.1 Å². The maximum atomic E-state index is 12.3. The largest absolute Gasteiger partial charge is 0.340 e. The lowest BCUT2D eigenvalue weighted by molar-refractivity contribution is -0.131. The fourth-order valence-corrected chi connectivity index (χ4v) is 5.17. The molecule has 0 aliphatic carbocycles. The first-order valence-corrected chi connectivity index (χ1v) is 11.1. The molecule has 2 saturated heterocycles. The summed E-state index contributed by atoms with van der Waals surface area (Å²) in [6, 6.07) is 5.56. The van der Waals surface area contributed by atoms with Crippen LogP contribution in [0, 0.1) is 0 Å². The van der Waals surface area contributed by atoms with Crippen LogP contribution in [-0.2, 0) is 19.6 Å². The predicted molar refractivity (Wildman–Crippen MR) is 101 cm³/mol. The van der Waals surface area contributed by atoms with Gasteiger partial charge in [0.25, 0.3) is 5.24 Å². The van der Waals surface area contributed by atoms with Crippen molar-refractivity contribution in [2.45, 2.75) is 23.8 Å². The Morgan fingerprint density at radius 2 is 2.11 bits per heavy atom. The van der Waals surface area contributed by atoms with Crippen molar-refractivity contribution < 1.29 is 22.8 Å². The van der Waals surface area contributed by atoms with Gasteiger partial charge in [0.1, 0.15) is 0 Å². The molecular weight excluding hydrogens is 414 g/mol. The summed E-state index contributed by atoms with van der Waals surface area (Å²) in [5, 5.41) is 0.0369. The molecule has 0 aromatic heterocycles. The van der Waals surface area contributed by atoms with Crippen LogP contribution in [0.3, 0.4) is 0 Å². The standard InChI is InChI=1S/C16H18ClN3O5S2/c17-11-2-1-3-13(8-11)27(24,25)18-6-4-14(21)19-7-5-12(9-19)20-15(22)10-26-16(20)23/h1-3,8,12,18H,4-7,9-10H2/t12-/m0/s1. The van der Waals surface area contributed by atoms with Crippen LogP contribution in [0.15, 0.2) is 29.2 Å². The van der Waals surface area contributed by atoms with Gasteiger partial charge >= 0.3 is 0 Å². The summed E-state index contributed by atoms with van der Waals surface area (Å²) in [5.74, 6) is -0.300. The lowest BCUT2D eigenvalue weighted by Crippen LogP contribution is -2.42. The minimum absolute atomic E-state index is 0.0108. The van der Waals surface area contributed by atoms with Gasteiger partial charge in [-0.2, -0.15) is 0 Å². The summed E-state index contributed by atoms with van der Waals surface area (Å²) in [6.07, 6.45) is 0.529. The zero-order valence-corrected chi connectivity index (χ0v) is 16.6. The van der Waals surface area contributed by atoms with E-state index in [0.29, 0.717) is 18.0 Å². The normalized spacial score (nSPS) is 20.6. The van der Waals surface area contributed by atoms with Crippen molar-refractivity contribution in [1.29, 1.82) is 0 Å². The van der Waals surface area contributed by atoms with Crippen molar-refractivity contribution in [2.24, 2.45) is 0 Å². The Balaban J connectivity index is 1.50. The van der Waals surface area contributed by atoms with E-state index >= 15 is 0 Å².